The van der Waals surface area contributed by atoms with Gasteiger partial charge in [0.1, 0.15) is 0 Å². The Morgan fingerprint density at radius 2 is 1.67 bits per heavy atom. The Hall–Kier alpha value is -2.17. The molecular formula is C20H22O4. The van der Waals surface area contributed by atoms with E-state index in [1.165, 1.54) is 0 Å². The number of rotatable bonds is 6. The number of ether oxygens (including phenoxy) is 1. The van der Waals surface area contributed by atoms with Crippen molar-refractivity contribution in [3.8, 4) is 11.1 Å². The third kappa shape index (κ3) is 2.52. The molecule has 0 bridgehead atoms. The predicted molar refractivity (Wildman–Crippen MR) is 92.0 cm³/mol. The summed E-state index contributed by atoms with van der Waals surface area (Å²) in [6.45, 7) is 2.13. The minimum atomic E-state index is -0.474. The number of carbonyl (C=O) groups is 1. The Morgan fingerprint density at radius 3 is 2.33 bits per heavy atom. The molecule has 0 atom stereocenters. The van der Waals surface area contributed by atoms with E-state index in [0.29, 0.717) is 25.0 Å². The molecule has 0 radical (unpaired) electrons. The maximum atomic E-state index is 12.1. The smallest absolute Gasteiger partial charge is 0.338 e. The fraction of sp³-hybridized carbons (Fsp3) is 0.350. The van der Waals surface area contributed by atoms with Gasteiger partial charge in [0.25, 0.3) is 0 Å². The highest BCUT2D eigenvalue weighted by Crippen LogP contribution is 2.52. The van der Waals surface area contributed by atoms with E-state index in [-0.39, 0.29) is 19.2 Å². The lowest BCUT2D eigenvalue weighted by Crippen LogP contribution is -2.28. The van der Waals surface area contributed by atoms with Crippen LogP contribution in [0, 0.1) is 0 Å². The van der Waals surface area contributed by atoms with Crippen LogP contribution in [0.3, 0.4) is 0 Å². The molecule has 0 amide bonds. The summed E-state index contributed by atoms with van der Waals surface area (Å²) in [7, 11) is 0. The van der Waals surface area contributed by atoms with Crippen LogP contribution >= 0.6 is 0 Å². The van der Waals surface area contributed by atoms with Crippen LogP contribution in [0.25, 0.3) is 11.1 Å². The van der Waals surface area contributed by atoms with Gasteiger partial charge in [0, 0.05) is 18.6 Å². The SMILES string of the molecule is CCOC(=O)c1ccc2c(c1)C(CCO)(CCO)c1ccccc1-2. The van der Waals surface area contributed by atoms with Crippen LogP contribution in [-0.4, -0.2) is 36.0 Å². The zero-order valence-electron chi connectivity index (χ0n) is 13.8. The summed E-state index contributed by atoms with van der Waals surface area (Å²) < 4.78 is 5.12. The number of carbonyl (C=O) groups excluding carboxylic acids is 1. The van der Waals surface area contributed by atoms with Gasteiger partial charge in [0.15, 0.2) is 0 Å². The summed E-state index contributed by atoms with van der Waals surface area (Å²) in [5.74, 6) is -0.349. The van der Waals surface area contributed by atoms with Crippen LogP contribution < -0.4 is 0 Å². The molecule has 0 aliphatic heterocycles. The number of fused-ring (bicyclic) bond motifs is 3. The van der Waals surface area contributed by atoms with Gasteiger partial charge < -0.3 is 14.9 Å². The standard InChI is InChI=1S/C20H22O4/c1-2-24-19(23)14-7-8-16-15-5-3-4-6-17(15)20(9-11-21,10-12-22)18(16)13-14/h3-8,13,21-22H,2,9-12H2,1H3. The van der Waals surface area contributed by atoms with Crippen LogP contribution in [0.4, 0.5) is 0 Å². The molecule has 0 aromatic heterocycles. The van der Waals surface area contributed by atoms with Crippen molar-refractivity contribution in [1.82, 2.24) is 0 Å². The molecule has 0 saturated heterocycles. The van der Waals surface area contributed by atoms with Gasteiger partial charge in [-0.2, -0.15) is 0 Å². The van der Waals surface area contributed by atoms with Crippen LogP contribution in [0.15, 0.2) is 42.5 Å². The third-order valence-corrected chi connectivity index (χ3v) is 4.86. The van der Waals surface area contributed by atoms with Crippen molar-refractivity contribution in [2.75, 3.05) is 19.8 Å². The van der Waals surface area contributed by atoms with Gasteiger partial charge in [0.05, 0.1) is 12.2 Å². The quantitative estimate of drug-likeness (QED) is 0.801. The summed E-state index contributed by atoms with van der Waals surface area (Å²) in [6.07, 6.45) is 1.01. The first-order chi connectivity index (χ1) is 11.7. The molecule has 3 rings (SSSR count). The molecule has 2 N–H and O–H groups in total. The van der Waals surface area contributed by atoms with Crippen molar-refractivity contribution in [3.63, 3.8) is 0 Å². The Labute approximate surface area is 141 Å². The van der Waals surface area contributed by atoms with Crippen molar-refractivity contribution in [3.05, 3.63) is 59.2 Å². The van der Waals surface area contributed by atoms with E-state index in [1.54, 1.807) is 13.0 Å². The number of aliphatic hydroxyl groups excluding tert-OH is 2. The number of hydrogen-bond donors (Lipinski definition) is 2. The van der Waals surface area contributed by atoms with Gasteiger partial charge in [-0.05, 0) is 54.2 Å². The summed E-state index contributed by atoms with van der Waals surface area (Å²) in [5, 5.41) is 19.3. The molecule has 2 aromatic carbocycles. The van der Waals surface area contributed by atoms with E-state index in [9.17, 15) is 15.0 Å². The molecule has 2 aromatic rings. The molecule has 0 saturated carbocycles. The minimum absolute atomic E-state index is 0.0113. The lowest BCUT2D eigenvalue weighted by molar-refractivity contribution is 0.0526. The number of aliphatic hydroxyl groups is 2. The monoisotopic (exact) mass is 326 g/mol. The predicted octanol–water partition coefficient (Wildman–Crippen LogP) is 2.89. The van der Waals surface area contributed by atoms with E-state index < -0.39 is 5.41 Å². The molecule has 1 aliphatic rings. The first-order valence-electron chi connectivity index (χ1n) is 8.31. The lowest BCUT2D eigenvalue weighted by Gasteiger charge is -2.31. The van der Waals surface area contributed by atoms with Crippen molar-refractivity contribution < 1.29 is 19.7 Å². The van der Waals surface area contributed by atoms with E-state index in [0.717, 1.165) is 22.3 Å². The number of hydrogen-bond acceptors (Lipinski definition) is 4. The molecule has 0 heterocycles. The Morgan fingerprint density at radius 1 is 1.00 bits per heavy atom. The zero-order valence-corrected chi connectivity index (χ0v) is 13.8. The zero-order chi connectivity index (χ0) is 17.2. The molecule has 126 valence electrons. The average Bonchev–Trinajstić information content (AvgIpc) is 2.86. The first-order valence-corrected chi connectivity index (χ1v) is 8.31. The molecular weight excluding hydrogens is 304 g/mol. The fourth-order valence-electron chi connectivity index (χ4n) is 3.84. The lowest BCUT2D eigenvalue weighted by atomic mass is 9.73. The highest BCUT2D eigenvalue weighted by Gasteiger charge is 2.42. The van der Waals surface area contributed by atoms with Crippen LogP contribution in [0.5, 0.6) is 0 Å². The molecule has 4 nitrogen and oxygen atoms in total. The van der Waals surface area contributed by atoms with Crippen LogP contribution in [-0.2, 0) is 10.2 Å². The highest BCUT2D eigenvalue weighted by atomic mass is 16.5. The summed E-state index contributed by atoms with van der Waals surface area (Å²) in [4.78, 5) is 12.1. The fourth-order valence-corrected chi connectivity index (χ4v) is 3.84. The highest BCUT2D eigenvalue weighted by molar-refractivity contribution is 5.92. The molecule has 0 spiro atoms. The molecule has 4 heteroatoms. The van der Waals surface area contributed by atoms with Crippen molar-refractivity contribution >= 4 is 5.97 Å². The van der Waals surface area contributed by atoms with Gasteiger partial charge in [-0.15, -0.1) is 0 Å². The van der Waals surface area contributed by atoms with Crippen molar-refractivity contribution in [2.24, 2.45) is 0 Å². The normalized spacial score (nSPS) is 14.1. The van der Waals surface area contributed by atoms with E-state index in [2.05, 4.69) is 6.07 Å². The largest absolute Gasteiger partial charge is 0.462 e. The van der Waals surface area contributed by atoms with Gasteiger partial charge in [0.2, 0.25) is 0 Å². The second-order valence-electron chi connectivity index (χ2n) is 6.06. The second-order valence-corrected chi connectivity index (χ2v) is 6.06. The molecule has 0 fully saturated rings. The van der Waals surface area contributed by atoms with Gasteiger partial charge >= 0.3 is 5.97 Å². The Kier molecular flexibility index (Phi) is 4.69. The van der Waals surface area contributed by atoms with Crippen molar-refractivity contribution in [2.45, 2.75) is 25.2 Å². The maximum absolute atomic E-state index is 12.1. The van der Waals surface area contributed by atoms with E-state index in [4.69, 9.17) is 4.74 Å². The topological polar surface area (TPSA) is 66.8 Å². The third-order valence-electron chi connectivity index (χ3n) is 4.86. The van der Waals surface area contributed by atoms with Gasteiger partial charge in [-0.25, -0.2) is 4.79 Å². The number of benzene rings is 2. The molecule has 0 unspecified atom stereocenters. The maximum Gasteiger partial charge on any atom is 0.338 e. The van der Waals surface area contributed by atoms with Gasteiger partial charge in [-0.1, -0.05) is 30.3 Å². The summed E-state index contributed by atoms with van der Waals surface area (Å²) in [6, 6.07) is 13.6. The van der Waals surface area contributed by atoms with Crippen LogP contribution in [0.1, 0.15) is 41.3 Å². The van der Waals surface area contributed by atoms with Gasteiger partial charge in [-0.3, -0.25) is 0 Å². The molecule has 1 aliphatic carbocycles. The Balaban J connectivity index is 2.20. The van der Waals surface area contributed by atoms with Crippen molar-refractivity contribution in [1.29, 1.82) is 0 Å². The molecule has 24 heavy (non-hydrogen) atoms. The second kappa shape index (κ2) is 6.75. The van der Waals surface area contributed by atoms with Crippen LogP contribution in [0.2, 0.25) is 0 Å². The summed E-state index contributed by atoms with van der Waals surface area (Å²) >= 11 is 0. The Bertz CT molecular complexity index is 745. The summed E-state index contributed by atoms with van der Waals surface area (Å²) in [5.41, 5.74) is 4.27. The first kappa shape index (κ1) is 16.7. The van der Waals surface area contributed by atoms with E-state index in [1.807, 2.05) is 30.3 Å². The minimum Gasteiger partial charge on any atom is -0.462 e. The number of esters is 1. The average molecular weight is 326 g/mol. The van der Waals surface area contributed by atoms with E-state index >= 15 is 0 Å².